The van der Waals surface area contributed by atoms with Crippen molar-refractivity contribution >= 4 is 11.8 Å². The van der Waals surface area contributed by atoms with E-state index in [0.717, 1.165) is 13.1 Å². The highest BCUT2D eigenvalue weighted by molar-refractivity contribution is 5.96. The van der Waals surface area contributed by atoms with Gasteiger partial charge < -0.3 is 10.6 Å². The average molecular weight is 128 g/mol. The fourth-order valence-electron chi connectivity index (χ4n) is 0.560. The van der Waals surface area contributed by atoms with Crippen LogP contribution in [0.5, 0.6) is 0 Å². The Balaban J connectivity index is 2.26. The molecule has 2 amide bonds. The van der Waals surface area contributed by atoms with Gasteiger partial charge in [0, 0.05) is 13.1 Å². The smallest absolute Gasteiger partial charge is 0.232 e. The SMILES string of the molecule is NC(=O)CC(=O)N1CC1. The summed E-state index contributed by atoms with van der Waals surface area (Å²) in [5.41, 5.74) is 4.77. The van der Waals surface area contributed by atoms with Crippen LogP contribution in [0.25, 0.3) is 0 Å². The van der Waals surface area contributed by atoms with Crippen LogP contribution < -0.4 is 5.73 Å². The molecule has 0 aromatic carbocycles. The second-order valence-corrected chi connectivity index (χ2v) is 2.02. The number of nitrogens with zero attached hydrogens (tertiary/aromatic N) is 1. The number of hydrogen-bond donors (Lipinski definition) is 1. The zero-order valence-electron chi connectivity index (χ0n) is 4.96. The lowest BCUT2D eigenvalue weighted by atomic mass is 10.4. The van der Waals surface area contributed by atoms with Gasteiger partial charge in [-0.2, -0.15) is 0 Å². The molecule has 9 heavy (non-hydrogen) atoms. The van der Waals surface area contributed by atoms with Crippen molar-refractivity contribution in [2.24, 2.45) is 5.73 Å². The lowest BCUT2D eigenvalue weighted by Gasteiger charge is -1.94. The van der Waals surface area contributed by atoms with E-state index in [1.807, 2.05) is 0 Å². The van der Waals surface area contributed by atoms with Gasteiger partial charge in [0.15, 0.2) is 0 Å². The van der Waals surface area contributed by atoms with E-state index in [1.54, 1.807) is 4.90 Å². The molecule has 1 heterocycles. The van der Waals surface area contributed by atoms with E-state index >= 15 is 0 Å². The van der Waals surface area contributed by atoms with Crippen molar-refractivity contribution in [1.82, 2.24) is 4.90 Å². The van der Waals surface area contributed by atoms with Crippen molar-refractivity contribution in [2.45, 2.75) is 6.42 Å². The Morgan fingerprint density at radius 2 is 2.00 bits per heavy atom. The van der Waals surface area contributed by atoms with E-state index < -0.39 is 5.91 Å². The molecule has 0 aromatic heterocycles. The highest BCUT2D eigenvalue weighted by Crippen LogP contribution is 2.04. The Labute approximate surface area is 52.6 Å². The average Bonchev–Trinajstić information content (AvgIpc) is 2.40. The van der Waals surface area contributed by atoms with Crippen LogP contribution in [0.3, 0.4) is 0 Å². The molecule has 4 nitrogen and oxygen atoms in total. The molecule has 0 radical (unpaired) electrons. The number of amides is 2. The van der Waals surface area contributed by atoms with Gasteiger partial charge in [-0.25, -0.2) is 0 Å². The largest absolute Gasteiger partial charge is 0.369 e. The molecule has 1 aliphatic rings. The molecule has 0 atom stereocenters. The fourth-order valence-corrected chi connectivity index (χ4v) is 0.560. The van der Waals surface area contributed by atoms with E-state index in [9.17, 15) is 9.59 Å². The highest BCUT2D eigenvalue weighted by atomic mass is 16.2. The predicted octanol–water partition coefficient (Wildman–Crippen LogP) is -1.30. The Hall–Kier alpha value is -1.06. The van der Waals surface area contributed by atoms with Gasteiger partial charge in [0.2, 0.25) is 11.8 Å². The van der Waals surface area contributed by atoms with Gasteiger partial charge in [-0.05, 0) is 0 Å². The first kappa shape index (κ1) is 6.07. The summed E-state index contributed by atoms with van der Waals surface area (Å²) in [6, 6.07) is 0. The summed E-state index contributed by atoms with van der Waals surface area (Å²) in [6.45, 7) is 1.57. The number of primary amides is 1. The topological polar surface area (TPSA) is 63.2 Å². The van der Waals surface area contributed by atoms with Crippen LogP contribution in [0.4, 0.5) is 0 Å². The first-order valence-electron chi connectivity index (χ1n) is 2.76. The Bertz CT molecular complexity index is 151. The molecule has 1 rings (SSSR count). The van der Waals surface area contributed by atoms with Gasteiger partial charge in [0.1, 0.15) is 6.42 Å². The van der Waals surface area contributed by atoms with Crippen LogP contribution in [0.15, 0.2) is 0 Å². The molecule has 2 N–H and O–H groups in total. The van der Waals surface area contributed by atoms with Crippen molar-refractivity contribution in [1.29, 1.82) is 0 Å². The summed E-state index contributed by atoms with van der Waals surface area (Å²) in [7, 11) is 0. The summed E-state index contributed by atoms with van der Waals surface area (Å²) < 4.78 is 0. The molecule has 0 bridgehead atoms. The first-order chi connectivity index (χ1) is 4.20. The second-order valence-electron chi connectivity index (χ2n) is 2.02. The van der Waals surface area contributed by atoms with Crippen LogP contribution in [0.1, 0.15) is 6.42 Å². The molecule has 0 saturated carbocycles. The minimum absolute atomic E-state index is 0.139. The molecule has 0 spiro atoms. The third kappa shape index (κ3) is 1.71. The summed E-state index contributed by atoms with van der Waals surface area (Å²) in [6.07, 6.45) is -0.139. The molecule has 0 aliphatic carbocycles. The van der Waals surface area contributed by atoms with Gasteiger partial charge in [0.25, 0.3) is 0 Å². The van der Waals surface area contributed by atoms with Crippen molar-refractivity contribution in [3.63, 3.8) is 0 Å². The van der Waals surface area contributed by atoms with Gasteiger partial charge in [0.05, 0.1) is 0 Å². The van der Waals surface area contributed by atoms with Crippen molar-refractivity contribution in [3.8, 4) is 0 Å². The van der Waals surface area contributed by atoms with E-state index in [-0.39, 0.29) is 12.3 Å². The molecular formula is C5H8N2O2. The molecule has 50 valence electrons. The molecular weight excluding hydrogens is 120 g/mol. The summed E-state index contributed by atoms with van der Waals surface area (Å²) >= 11 is 0. The zero-order valence-corrected chi connectivity index (χ0v) is 4.96. The monoisotopic (exact) mass is 128 g/mol. The Kier molecular flexibility index (Phi) is 1.38. The minimum atomic E-state index is -0.549. The third-order valence-electron chi connectivity index (χ3n) is 1.13. The number of carbonyl (C=O) groups excluding carboxylic acids is 2. The van der Waals surface area contributed by atoms with Gasteiger partial charge in [-0.3, -0.25) is 9.59 Å². The number of rotatable bonds is 2. The van der Waals surface area contributed by atoms with Crippen LogP contribution in [-0.4, -0.2) is 29.8 Å². The van der Waals surface area contributed by atoms with E-state index in [2.05, 4.69) is 0 Å². The highest BCUT2D eigenvalue weighted by Gasteiger charge is 2.24. The number of hydrogen-bond acceptors (Lipinski definition) is 2. The standard InChI is InChI=1S/C5H8N2O2/c6-4(8)3-5(9)7-1-2-7/h1-3H2,(H2,6,8). The maximum Gasteiger partial charge on any atom is 0.232 e. The lowest BCUT2D eigenvalue weighted by molar-refractivity contribution is -0.130. The van der Waals surface area contributed by atoms with Crippen molar-refractivity contribution in [2.75, 3.05) is 13.1 Å². The predicted molar refractivity (Wildman–Crippen MR) is 30.4 cm³/mol. The number of carbonyl (C=O) groups is 2. The fraction of sp³-hybridized carbons (Fsp3) is 0.600. The van der Waals surface area contributed by atoms with Gasteiger partial charge >= 0.3 is 0 Å². The molecule has 4 heteroatoms. The van der Waals surface area contributed by atoms with Crippen LogP contribution in [0, 0.1) is 0 Å². The molecule has 1 aliphatic heterocycles. The van der Waals surface area contributed by atoms with E-state index in [4.69, 9.17) is 5.73 Å². The minimum Gasteiger partial charge on any atom is -0.369 e. The first-order valence-corrected chi connectivity index (χ1v) is 2.76. The third-order valence-corrected chi connectivity index (χ3v) is 1.13. The maximum absolute atomic E-state index is 10.6. The normalized spacial score (nSPS) is 15.3. The zero-order chi connectivity index (χ0) is 6.85. The molecule has 1 saturated heterocycles. The summed E-state index contributed by atoms with van der Waals surface area (Å²) in [5, 5.41) is 0. The van der Waals surface area contributed by atoms with Gasteiger partial charge in [-0.1, -0.05) is 0 Å². The second kappa shape index (κ2) is 2.05. The number of nitrogens with two attached hydrogens (primary N) is 1. The van der Waals surface area contributed by atoms with Crippen molar-refractivity contribution in [3.05, 3.63) is 0 Å². The Morgan fingerprint density at radius 3 is 2.33 bits per heavy atom. The van der Waals surface area contributed by atoms with Crippen LogP contribution in [0.2, 0.25) is 0 Å². The molecule has 0 unspecified atom stereocenters. The van der Waals surface area contributed by atoms with Crippen LogP contribution >= 0.6 is 0 Å². The molecule has 0 aromatic rings. The van der Waals surface area contributed by atoms with Gasteiger partial charge in [-0.15, -0.1) is 0 Å². The summed E-state index contributed by atoms with van der Waals surface area (Å²) in [4.78, 5) is 22.3. The maximum atomic E-state index is 10.6. The van der Waals surface area contributed by atoms with Crippen molar-refractivity contribution < 1.29 is 9.59 Å². The Morgan fingerprint density at radius 1 is 1.44 bits per heavy atom. The quantitative estimate of drug-likeness (QED) is 0.371. The lowest BCUT2D eigenvalue weighted by Crippen LogP contribution is -2.20. The summed E-state index contributed by atoms with van der Waals surface area (Å²) in [5.74, 6) is -0.700. The van der Waals surface area contributed by atoms with E-state index in [0.29, 0.717) is 0 Å². The molecule has 1 fully saturated rings. The van der Waals surface area contributed by atoms with Crippen LogP contribution in [-0.2, 0) is 9.59 Å². The van der Waals surface area contributed by atoms with E-state index in [1.165, 1.54) is 0 Å².